The number of sulfonamides is 1. The van der Waals surface area contributed by atoms with Gasteiger partial charge in [-0.05, 0) is 60.9 Å². The Balaban J connectivity index is 1.84. The van der Waals surface area contributed by atoms with E-state index in [1.54, 1.807) is 25.1 Å². The zero-order valence-corrected chi connectivity index (χ0v) is 23.3. The van der Waals surface area contributed by atoms with Gasteiger partial charge in [0, 0.05) is 24.1 Å². The number of nitrogens with zero attached hydrogens (tertiary/aromatic N) is 2. The second-order valence-corrected chi connectivity index (χ2v) is 11.9. The summed E-state index contributed by atoms with van der Waals surface area (Å²) in [6.45, 7) is 5.30. The van der Waals surface area contributed by atoms with Gasteiger partial charge in [0.15, 0.2) is 0 Å². The first-order valence-electron chi connectivity index (χ1n) is 11.8. The normalized spacial score (nSPS) is 13.4. The van der Waals surface area contributed by atoms with Crippen LogP contribution in [-0.2, 0) is 26.2 Å². The van der Waals surface area contributed by atoms with Gasteiger partial charge in [0.05, 0.1) is 11.4 Å². The van der Waals surface area contributed by atoms with Crippen LogP contribution in [0.4, 0.5) is 0 Å². The van der Waals surface area contributed by atoms with Gasteiger partial charge in [-0.2, -0.15) is 4.31 Å². The lowest BCUT2D eigenvalue weighted by Crippen LogP contribution is -2.51. The molecule has 2 amide bonds. The van der Waals surface area contributed by atoms with Gasteiger partial charge >= 0.3 is 0 Å². The van der Waals surface area contributed by atoms with Crippen molar-refractivity contribution < 1.29 is 18.0 Å². The van der Waals surface area contributed by atoms with Crippen molar-refractivity contribution in [2.24, 2.45) is 0 Å². The minimum absolute atomic E-state index is 0.0412. The molecule has 7 nitrogen and oxygen atoms in total. The molecule has 0 spiro atoms. The highest BCUT2D eigenvalue weighted by Crippen LogP contribution is 2.22. The maximum Gasteiger partial charge on any atom is 0.243 e. The first-order chi connectivity index (χ1) is 17.0. The molecular weight excluding hydrogens is 542 g/mol. The Morgan fingerprint density at radius 3 is 2.25 bits per heavy atom. The molecule has 0 aromatic heterocycles. The summed E-state index contributed by atoms with van der Waals surface area (Å²) in [7, 11) is -2.55. The average molecular weight is 575 g/mol. The summed E-state index contributed by atoms with van der Waals surface area (Å²) >= 11 is 3.40. The molecule has 2 atom stereocenters. The largest absolute Gasteiger partial charge is 0.352 e. The van der Waals surface area contributed by atoms with Gasteiger partial charge in [0.25, 0.3) is 0 Å². The molecule has 0 bridgehead atoms. The number of hydrogen-bond acceptors (Lipinski definition) is 4. The number of amides is 2. The monoisotopic (exact) mass is 573 g/mol. The molecular formula is C27H32BrN3O4S. The second kappa shape index (κ2) is 12.0. The Kier molecular flexibility index (Phi) is 9.27. The molecule has 0 aliphatic rings. The highest BCUT2D eigenvalue weighted by atomic mass is 79.9. The van der Waals surface area contributed by atoms with Crippen LogP contribution in [0.1, 0.15) is 32.8 Å². The fourth-order valence-electron chi connectivity index (χ4n) is 3.71. The van der Waals surface area contributed by atoms with Crippen LogP contribution < -0.4 is 5.32 Å². The molecule has 36 heavy (non-hydrogen) atoms. The number of benzene rings is 3. The van der Waals surface area contributed by atoms with Crippen LogP contribution in [0.2, 0.25) is 0 Å². The Bertz CT molecular complexity index is 1330. The first-order valence-corrected chi connectivity index (χ1v) is 14.1. The van der Waals surface area contributed by atoms with Gasteiger partial charge < -0.3 is 10.2 Å². The van der Waals surface area contributed by atoms with Crippen molar-refractivity contribution in [3.05, 3.63) is 76.8 Å². The van der Waals surface area contributed by atoms with Gasteiger partial charge in [-0.1, -0.05) is 65.3 Å². The number of rotatable bonds is 10. The lowest BCUT2D eigenvalue weighted by Gasteiger charge is -2.31. The summed E-state index contributed by atoms with van der Waals surface area (Å²) < 4.78 is 28.5. The molecule has 0 unspecified atom stereocenters. The summed E-state index contributed by atoms with van der Waals surface area (Å²) in [4.78, 5) is 27.9. The molecule has 0 fully saturated rings. The van der Waals surface area contributed by atoms with Crippen molar-refractivity contribution >= 4 is 48.5 Å². The molecule has 0 aliphatic carbocycles. The molecule has 0 saturated carbocycles. The van der Waals surface area contributed by atoms with E-state index >= 15 is 0 Å². The van der Waals surface area contributed by atoms with E-state index in [1.165, 1.54) is 11.9 Å². The fraction of sp³-hybridized carbons (Fsp3) is 0.333. The molecule has 0 saturated heterocycles. The number of halogens is 1. The molecule has 0 heterocycles. The third-order valence-corrected chi connectivity index (χ3v) is 8.55. The highest BCUT2D eigenvalue weighted by Gasteiger charge is 2.30. The third kappa shape index (κ3) is 6.72. The molecule has 0 radical (unpaired) electrons. The van der Waals surface area contributed by atoms with Crippen molar-refractivity contribution in [3.8, 4) is 0 Å². The van der Waals surface area contributed by atoms with Crippen molar-refractivity contribution in [1.82, 2.24) is 14.5 Å². The number of carbonyl (C=O) groups excluding carboxylic acids is 2. The van der Waals surface area contributed by atoms with E-state index in [-0.39, 0.29) is 23.4 Å². The topological polar surface area (TPSA) is 86.8 Å². The zero-order chi connectivity index (χ0) is 26.5. The average Bonchev–Trinajstić information content (AvgIpc) is 2.87. The highest BCUT2D eigenvalue weighted by molar-refractivity contribution is 9.10. The number of likely N-dealkylation sites (N-methyl/N-ethyl adjacent to an activating group) is 1. The maximum atomic E-state index is 13.4. The number of hydrogen-bond donors (Lipinski definition) is 1. The third-order valence-electron chi connectivity index (χ3n) is 6.22. The smallest absolute Gasteiger partial charge is 0.243 e. The van der Waals surface area contributed by atoms with Gasteiger partial charge in [0.1, 0.15) is 6.04 Å². The van der Waals surface area contributed by atoms with E-state index in [2.05, 4.69) is 21.2 Å². The van der Waals surface area contributed by atoms with E-state index in [1.807, 2.05) is 62.4 Å². The second-order valence-electron chi connectivity index (χ2n) is 8.91. The summed E-state index contributed by atoms with van der Waals surface area (Å²) in [5.74, 6) is -0.744. The van der Waals surface area contributed by atoms with Gasteiger partial charge in [0.2, 0.25) is 21.8 Å². The van der Waals surface area contributed by atoms with Crippen molar-refractivity contribution in [2.75, 3.05) is 13.6 Å². The Hall–Kier alpha value is -2.75. The van der Waals surface area contributed by atoms with E-state index in [4.69, 9.17) is 0 Å². The van der Waals surface area contributed by atoms with E-state index in [0.29, 0.717) is 0 Å². The van der Waals surface area contributed by atoms with Crippen LogP contribution in [0.3, 0.4) is 0 Å². The van der Waals surface area contributed by atoms with Crippen molar-refractivity contribution in [2.45, 2.75) is 50.7 Å². The van der Waals surface area contributed by atoms with Crippen LogP contribution in [0.15, 0.2) is 76.1 Å². The summed E-state index contributed by atoms with van der Waals surface area (Å²) in [6.07, 6.45) is 0.756. The number of fused-ring (bicyclic) bond motifs is 1. The number of carbonyl (C=O) groups is 2. The first kappa shape index (κ1) is 27.8. The maximum absolute atomic E-state index is 13.4. The van der Waals surface area contributed by atoms with Crippen LogP contribution in [0.25, 0.3) is 10.8 Å². The van der Waals surface area contributed by atoms with E-state index in [9.17, 15) is 18.0 Å². The number of nitrogens with one attached hydrogen (secondary N) is 1. The van der Waals surface area contributed by atoms with Crippen LogP contribution in [-0.4, -0.2) is 55.1 Å². The van der Waals surface area contributed by atoms with Gasteiger partial charge in [-0.25, -0.2) is 8.42 Å². The van der Waals surface area contributed by atoms with Gasteiger partial charge in [-0.15, -0.1) is 0 Å². The molecule has 192 valence electrons. The predicted octanol–water partition coefficient (Wildman–Crippen LogP) is 4.55. The standard InChI is InChI=1S/C27H32BrN3O4S/c1-5-19(2)29-27(33)20(3)31(17-21-10-13-24(28)14-11-21)26(32)18-30(4)36(34,35)25-15-12-22-8-6-7-9-23(22)16-25/h6-16,19-20H,5,17-18H2,1-4H3,(H,29,33)/t19-,20+/m1/s1. The molecule has 1 N–H and O–H groups in total. The van der Waals surface area contributed by atoms with Gasteiger partial charge in [-0.3, -0.25) is 9.59 Å². The molecule has 9 heteroatoms. The van der Waals surface area contributed by atoms with E-state index in [0.717, 1.165) is 31.5 Å². The lowest BCUT2D eigenvalue weighted by atomic mass is 10.1. The van der Waals surface area contributed by atoms with E-state index < -0.39 is 28.5 Å². The van der Waals surface area contributed by atoms with Crippen molar-refractivity contribution in [1.29, 1.82) is 0 Å². The predicted molar refractivity (Wildman–Crippen MR) is 146 cm³/mol. The minimum atomic E-state index is -3.93. The minimum Gasteiger partial charge on any atom is -0.352 e. The Morgan fingerprint density at radius 1 is 0.972 bits per heavy atom. The van der Waals surface area contributed by atoms with Crippen molar-refractivity contribution in [3.63, 3.8) is 0 Å². The molecule has 3 aromatic rings. The fourth-order valence-corrected chi connectivity index (χ4v) is 5.13. The summed E-state index contributed by atoms with van der Waals surface area (Å²) in [5.41, 5.74) is 0.828. The lowest BCUT2D eigenvalue weighted by molar-refractivity contribution is -0.140. The summed E-state index contributed by atoms with van der Waals surface area (Å²) in [5, 5.41) is 4.64. The zero-order valence-electron chi connectivity index (χ0n) is 20.9. The molecule has 3 rings (SSSR count). The Morgan fingerprint density at radius 2 is 1.61 bits per heavy atom. The quantitative estimate of drug-likeness (QED) is 0.385. The molecule has 0 aliphatic heterocycles. The summed E-state index contributed by atoms with van der Waals surface area (Å²) in [6, 6.07) is 19.0. The van der Waals surface area contributed by atoms with Crippen LogP contribution in [0, 0.1) is 0 Å². The molecule has 3 aromatic carbocycles. The Labute approximate surface area is 221 Å². The van der Waals surface area contributed by atoms with Crippen LogP contribution in [0.5, 0.6) is 0 Å². The van der Waals surface area contributed by atoms with Crippen LogP contribution >= 0.6 is 15.9 Å². The SMILES string of the molecule is CC[C@@H](C)NC(=O)[C@H](C)N(Cc1ccc(Br)cc1)C(=O)CN(C)S(=O)(=O)c1ccc2ccccc2c1.